The van der Waals surface area contributed by atoms with Gasteiger partial charge in [0.1, 0.15) is 18.0 Å². The highest BCUT2D eigenvalue weighted by atomic mass is 32.1. The monoisotopic (exact) mass is 346 g/mol. The van der Waals surface area contributed by atoms with E-state index in [-0.39, 0.29) is 12.1 Å². The number of aromatic nitrogens is 4. The molecule has 0 spiro atoms. The van der Waals surface area contributed by atoms with Crippen LogP contribution in [0.5, 0.6) is 0 Å². The van der Waals surface area contributed by atoms with Gasteiger partial charge in [-0.15, -0.1) is 0 Å². The number of halogens is 2. The van der Waals surface area contributed by atoms with Crippen molar-refractivity contribution in [1.29, 1.82) is 0 Å². The van der Waals surface area contributed by atoms with Crippen molar-refractivity contribution in [2.24, 2.45) is 0 Å². The van der Waals surface area contributed by atoms with Gasteiger partial charge in [-0.2, -0.15) is 8.75 Å². The maximum absolute atomic E-state index is 14.1. The zero-order chi connectivity index (χ0) is 16.3. The molecule has 0 unspecified atom stereocenters. The molecule has 0 amide bonds. The number of benzene rings is 1. The first-order chi connectivity index (χ1) is 11.7. The molecule has 0 saturated carbocycles. The maximum Gasteiger partial charge on any atom is 0.198 e. The SMILES string of the molecule is Fc1ccc(N2C[C@@H]3C[C@H]2CN3c2ncnc3nsnc23)c(F)c1. The minimum atomic E-state index is -0.554. The number of hydrogen-bond acceptors (Lipinski definition) is 7. The molecule has 6 nitrogen and oxygen atoms in total. The molecule has 2 bridgehead atoms. The van der Waals surface area contributed by atoms with Gasteiger partial charge in [-0.1, -0.05) is 0 Å². The molecule has 1 aromatic carbocycles. The average molecular weight is 346 g/mol. The fourth-order valence-electron chi connectivity index (χ4n) is 3.75. The first-order valence-electron chi connectivity index (χ1n) is 7.62. The van der Waals surface area contributed by atoms with E-state index in [1.165, 1.54) is 18.5 Å². The van der Waals surface area contributed by atoms with E-state index >= 15 is 0 Å². The van der Waals surface area contributed by atoms with Crippen LogP contribution in [0.3, 0.4) is 0 Å². The van der Waals surface area contributed by atoms with Gasteiger partial charge in [0.05, 0.1) is 23.5 Å². The molecule has 0 aliphatic carbocycles. The first-order valence-corrected chi connectivity index (χ1v) is 8.35. The third-order valence-corrected chi connectivity index (χ3v) is 5.29. The number of anilines is 2. The molecule has 0 radical (unpaired) electrons. The predicted octanol–water partition coefficient (Wildman–Crippen LogP) is 2.23. The molecule has 0 N–H and O–H groups in total. The highest BCUT2D eigenvalue weighted by Gasteiger charge is 2.45. The van der Waals surface area contributed by atoms with Crippen LogP contribution >= 0.6 is 11.7 Å². The van der Waals surface area contributed by atoms with Gasteiger partial charge >= 0.3 is 0 Å². The lowest BCUT2D eigenvalue weighted by Crippen LogP contribution is -2.47. The van der Waals surface area contributed by atoms with Crippen LogP contribution in [0.4, 0.5) is 20.3 Å². The molecule has 2 saturated heterocycles. The Hall–Kier alpha value is -2.42. The van der Waals surface area contributed by atoms with Crippen molar-refractivity contribution in [2.45, 2.75) is 18.5 Å². The van der Waals surface area contributed by atoms with Crippen molar-refractivity contribution in [3.05, 3.63) is 36.2 Å². The van der Waals surface area contributed by atoms with E-state index < -0.39 is 11.6 Å². The summed E-state index contributed by atoms with van der Waals surface area (Å²) in [6.45, 7) is 1.40. The molecule has 4 heterocycles. The lowest BCUT2D eigenvalue weighted by molar-refractivity contribution is 0.568. The van der Waals surface area contributed by atoms with Crippen molar-refractivity contribution in [3.63, 3.8) is 0 Å². The molecule has 2 aliphatic rings. The molecule has 24 heavy (non-hydrogen) atoms. The Morgan fingerprint density at radius 2 is 1.88 bits per heavy atom. The van der Waals surface area contributed by atoms with E-state index in [9.17, 15) is 8.78 Å². The van der Waals surface area contributed by atoms with Crippen LogP contribution in [0.2, 0.25) is 0 Å². The summed E-state index contributed by atoms with van der Waals surface area (Å²) in [7, 11) is 0. The minimum Gasteiger partial charge on any atom is -0.362 e. The van der Waals surface area contributed by atoms with Gasteiger partial charge in [0.25, 0.3) is 0 Å². The molecule has 122 valence electrons. The second-order valence-corrected chi connectivity index (χ2v) is 6.61. The van der Waals surface area contributed by atoms with E-state index in [0.29, 0.717) is 17.9 Å². The lowest BCUT2D eigenvalue weighted by atomic mass is 10.2. The maximum atomic E-state index is 14.1. The number of rotatable bonds is 2. The normalized spacial score (nSPS) is 22.8. The van der Waals surface area contributed by atoms with Gasteiger partial charge in [0.15, 0.2) is 17.0 Å². The third-order valence-electron chi connectivity index (χ3n) is 4.77. The highest BCUT2D eigenvalue weighted by molar-refractivity contribution is 7.00. The molecule has 2 atom stereocenters. The summed E-state index contributed by atoms with van der Waals surface area (Å²) in [5.41, 5.74) is 1.79. The van der Waals surface area contributed by atoms with Gasteiger partial charge in [-0.25, -0.2) is 18.7 Å². The predicted molar refractivity (Wildman–Crippen MR) is 86.2 cm³/mol. The lowest BCUT2D eigenvalue weighted by Gasteiger charge is -2.36. The van der Waals surface area contributed by atoms with E-state index in [1.54, 1.807) is 0 Å². The standard InChI is InChI=1S/C15H12F2N6S/c16-8-1-2-12(11(17)3-8)22-5-10-4-9(22)6-23(10)15-13-14(18-7-19-15)21-24-20-13/h1-3,7,9-10H,4-6H2/t9-,10-/m0/s1. The van der Waals surface area contributed by atoms with Gasteiger partial charge in [0.2, 0.25) is 0 Å². The highest BCUT2D eigenvalue weighted by Crippen LogP contribution is 2.39. The van der Waals surface area contributed by atoms with Crippen LogP contribution in [-0.4, -0.2) is 43.9 Å². The quantitative estimate of drug-likeness (QED) is 0.709. The molecular weight excluding hydrogens is 334 g/mol. The molecule has 2 fully saturated rings. The Morgan fingerprint density at radius 1 is 1.04 bits per heavy atom. The van der Waals surface area contributed by atoms with Crippen LogP contribution in [-0.2, 0) is 0 Å². The van der Waals surface area contributed by atoms with Crippen molar-refractivity contribution in [2.75, 3.05) is 22.9 Å². The molecule has 3 aromatic rings. The molecule has 2 aromatic heterocycles. The summed E-state index contributed by atoms with van der Waals surface area (Å²) in [6, 6.07) is 4.15. The Morgan fingerprint density at radius 3 is 2.67 bits per heavy atom. The number of fused-ring (bicyclic) bond motifs is 3. The van der Waals surface area contributed by atoms with Gasteiger partial charge in [-0.3, -0.25) is 0 Å². The second-order valence-electron chi connectivity index (χ2n) is 6.08. The van der Waals surface area contributed by atoms with E-state index in [1.807, 2.05) is 4.90 Å². The summed E-state index contributed by atoms with van der Waals surface area (Å²) in [4.78, 5) is 12.7. The van der Waals surface area contributed by atoms with E-state index in [2.05, 4.69) is 23.6 Å². The third kappa shape index (κ3) is 1.97. The van der Waals surface area contributed by atoms with Crippen LogP contribution in [0, 0.1) is 11.6 Å². The molecular formula is C15H12F2N6S. The fourth-order valence-corrected chi connectivity index (χ4v) is 4.25. The van der Waals surface area contributed by atoms with Crippen LogP contribution in [0.15, 0.2) is 24.5 Å². The summed E-state index contributed by atoms with van der Waals surface area (Å²) in [5.74, 6) is -0.274. The smallest absolute Gasteiger partial charge is 0.198 e. The summed E-state index contributed by atoms with van der Waals surface area (Å²) >= 11 is 1.12. The fraction of sp³-hybridized carbons (Fsp3) is 0.333. The van der Waals surface area contributed by atoms with Crippen molar-refractivity contribution >= 4 is 34.4 Å². The summed E-state index contributed by atoms with van der Waals surface area (Å²) < 4.78 is 35.7. The number of piperazine rings is 1. The largest absolute Gasteiger partial charge is 0.362 e. The van der Waals surface area contributed by atoms with Crippen molar-refractivity contribution in [3.8, 4) is 0 Å². The van der Waals surface area contributed by atoms with Gasteiger partial charge < -0.3 is 9.80 Å². The Bertz CT molecular complexity index is 931. The average Bonchev–Trinajstić information content (AvgIpc) is 3.29. The number of nitrogens with zero attached hydrogens (tertiary/aromatic N) is 6. The van der Waals surface area contributed by atoms with Crippen LogP contribution in [0.25, 0.3) is 11.2 Å². The van der Waals surface area contributed by atoms with Crippen LogP contribution < -0.4 is 9.80 Å². The van der Waals surface area contributed by atoms with Crippen LogP contribution in [0.1, 0.15) is 6.42 Å². The topological polar surface area (TPSA) is 58.0 Å². The first kappa shape index (κ1) is 14.0. The Kier molecular flexibility index (Phi) is 2.93. The molecule has 9 heteroatoms. The summed E-state index contributed by atoms with van der Waals surface area (Å²) in [6.07, 6.45) is 2.42. The van der Waals surface area contributed by atoms with Gasteiger partial charge in [0, 0.05) is 25.2 Å². The Labute approximate surface area is 140 Å². The molecule has 5 rings (SSSR count). The molecule has 2 aliphatic heterocycles. The van der Waals surface area contributed by atoms with Crippen molar-refractivity contribution in [1.82, 2.24) is 18.7 Å². The second kappa shape index (κ2) is 5.04. The van der Waals surface area contributed by atoms with Crippen molar-refractivity contribution < 1.29 is 8.78 Å². The van der Waals surface area contributed by atoms with E-state index in [4.69, 9.17) is 0 Å². The summed E-state index contributed by atoms with van der Waals surface area (Å²) in [5, 5.41) is 0. The van der Waals surface area contributed by atoms with Gasteiger partial charge in [-0.05, 0) is 18.6 Å². The van der Waals surface area contributed by atoms with E-state index in [0.717, 1.165) is 42.1 Å². The number of hydrogen-bond donors (Lipinski definition) is 0. The zero-order valence-electron chi connectivity index (χ0n) is 12.4. The minimum absolute atomic E-state index is 0.173. The Balaban J connectivity index is 1.45. The zero-order valence-corrected chi connectivity index (χ0v) is 13.2.